The Hall–Kier alpha value is -0.960. The Labute approximate surface area is 97.7 Å². The van der Waals surface area contributed by atoms with Crippen molar-refractivity contribution in [1.82, 2.24) is 15.3 Å². The molecule has 1 saturated carbocycles. The maximum atomic E-state index is 4.29. The third-order valence-corrected chi connectivity index (χ3v) is 3.65. The van der Waals surface area contributed by atoms with E-state index in [1.807, 2.05) is 6.20 Å². The fraction of sp³-hybridized carbons (Fsp3) is 0.692. The molecule has 3 heteroatoms. The van der Waals surface area contributed by atoms with Gasteiger partial charge in [0.2, 0.25) is 0 Å². The van der Waals surface area contributed by atoms with Crippen LogP contribution >= 0.6 is 0 Å². The molecule has 88 valence electrons. The van der Waals surface area contributed by atoms with E-state index in [1.165, 1.54) is 25.7 Å². The Morgan fingerprint density at radius 3 is 2.94 bits per heavy atom. The molecule has 0 spiro atoms. The maximum absolute atomic E-state index is 4.29. The van der Waals surface area contributed by atoms with E-state index in [9.17, 15) is 0 Å². The molecule has 1 aliphatic rings. The van der Waals surface area contributed by atoms with Gasteiger partial charge < -0.3 is 5.32 Å². The number of nitrogens with zero attached hydrogens (tertiary/aromatic N) is 2. The summed E-state index contributed by atoms with van der Waals surface area (Å²) in [6.07, 6.45) is 10.6. The van der Waals surface area contributed by atoms with Gasteiger partial charge in [0.15, 0.2) is 0 Å². The predicted molar refractivity (Wildman–Crippen MR) is 64.9 cm³/mol. The van der Waals surface area contributed by atoms with Crippen LogP contribution in [0.2, 0.25) is 0 Å². The van der Waals surface area contributed by atoms with Crippen molar-refractivity contribution in [1.29, 1.82) is 0 Å². The molecule has 1 heterocycles. The summed E-state index contributed by atoms with van der Waals surface area (Å²) in [5, 5.41) is 3.63. The number of aromatic nitrogens is 2. The van der Waals surface area contributed by atoms with Gasteiger partial charge in [-0.15, -0.1) is 0 Å². The van der Waals surface area contributed by atoms with Crippen molar-refractivity contribution in [3.8, 4) is 0 Å². The summed E-state index contributed by atoms with van der Waals surface area (Å²) < 4.78 is 0. The van der Waals surface area contributed by atoms with E-state index in [0.29, 0.717) is 11.5 Å². The Kier molecular flexibility index (Phi) is 3.54. The van der Waals surface area contributed by atoms with Crippen molar-refractivity contribution in [2.75, 3.05) is 0 Å². The molecule has 3 nitrogen and oxygen atoms in total. The Morgan fingerprint density at radius 1 is 1.38 bits per heavy atom. The monoisotopic (exact) mass is 219 g/mol. The van der Waals surface area contributed by atoms with Crippen LogP contribution in [0.5, 0.6) is 0 Å². The highest BCUT2D eigenvalue weighted by atomic mass is 15.0. The first-order valence-electron chi connectivity index (χ1n) is 6.17. The molecule has 0 aliphatic heterocycles. The minimum Gasteiger partial charge on any atom is -0.308 e. The minimum atomic E-state index is 0.417. The lowest BCUT2D eigenvalue weighted by atomic mass is 9.73. The Balaban J connectivity index is 1.90. The van der Waals surface area contributed by atoms with E-state index in [4.69, 9.17) is 0 Å². The zero-order chi connectivity index (χ0) is 11.4. The van der Waals surface area contributed by atoms with Gasteiger partial charge in [0, 0.05) is 31.2 Å². The lowest BCUT2D eigenvalue weighted by Gasteiger charge is -2.39. The molecule has 1 aromatic heterocycles. The summed E-state index contributed by atoms with van der Waals surface area (Å²) in [5.41, 5.74) is 1.45. The van der Waals surface area contributed by atoms with Crippen LogP contribution in [0.15, 0.2) is 18.6 Å². The van der Waals surface area contributed by atoms with Gasteiger partial charge in [-0.05, 0) is 18.3 Å². The van der Waals surface area contributed by atoms with Crippen molar-refractivity contribution < 1.29 is 0 Å². The van der Waals surface area contributed by atoms with Crippen molar-refractivity contribution in [2.45, 2.75) is 52.1 Å². The zero-order valence-corrected chi connectivity index (χ0v) is 10.2. The van der Waals surface area contributed by atoms with Crippen LogP contribution in [-0.4, -0.2) is 16.0 Å². The third-order valence-electron chi connectivity index (χ3n) is 3.65. The van der Waals surface area contributed by atoms with Gasteiger partial charge in [0.1, 0.15) is 0 Å². The average molecular weight is 219 g/mol. The highest BCUT2D eigenvalue weighted by Gasteiger charge is 2.31. The molecule has 1 aliphatic carbocycles. The predicted octanol–water partition coefficient (Wildman–Crippen LogP) is 2.54. The molecular formula is C13H21N3. The number of hydrogen-bond donors (Lipinski definition) is 1. The zero-order valence-electron chi connectivity index (χ0n) is 10.2. The first-order valence-corrected chi connectivity index (χ1v) is 6.17. The van der Waals surface area contributed by atoms with Crippen molar-refractivity contribution in [3.05, 3.63) is 24.3 Å². The van der Waals surface area contributed by atoms with Gasteiger partial charge >= 0.3 is 0 Å². The van der Waals surface area contributed by atoms with Crippen molar-refractivity contribution in [3.63, 3.8) is 0 Å². The van der Waals surface area contributed by atoms with Crippen LogP contribution in [0.1, 0.15) is 45.2 Å². The highest BCUT2D eigenvalue weighted by molar-refractivity contribution is 4.96. The maximum Gasteiger partial charge on any atom is 0.0724 e. The molecule has 0 bridgehead atoms. The second-order valence-electron chi connectivity index (χ2n) is 5.36. The molecule has 1 N–H and O–H groups in total. The topological polar surface area (TPSA) is 37.8 Å². The normalized spacial score (nSPS) is 24.2. The summed E-state index contributed by atoms with van der Waals surface area (Å²) in [5.74, 6) is 0. The fourth-order valence-corrected chi connectivity index (χ4v) is 2.52. The Morgan fingerprint density at radius 2 is 2.25 bits per heavy atom. The number of hydrogen-bond acceptors (Lipinski definition) is 3. The van der Waals surface area contributed by atoms with E-state index < -0.39 is 0 Å². The molecule has 1 aromatic rings. The Bertz CT molecular complexity index is 321. The molecule has 2 rings (SSSR count). The lowest BCUT2D eigenvalue weighted by Crippen LogP contribution is -2.43. The van der Waals surface area contributed by atoms with E-state index in [1.54, 1.807) is 12.4 Å². The first-order chi connectivity index (χ1) is 7.68. The van der Waals surface area contributed by atoms with Crippen LogP contribution in [-0.2, 0) is 6.54 Å². The van der Waals surface area contributed by atoms with E-state index in [2.05, 4.69) is 29.1 Å². The van der Waals surface area contributed by atoms with E-state index in [-0.39, 0.29) is 0 Å². The standard InChI is InChI=1S/C13H21N3/c1-13(2)6-4-3-5-12(13)16-10-11-9-14-7-8-15-11/h7-9,12,16H,3-6,10H2,1-2H3. The van der Waals surface area contributed by atoms with Gasteiger partial charge in [-0.1, -0.05) is 26.7 Å². The molecule has 1 atom stereocenters. The van der Waals surface area contributed by atoms with Gasteiger partial charge in [-0.3, -0.25) is 9.97 Å². The summed E-state index contributed by atoms with van der Waals surface area (Å²) in [6.45, 7) is 5.56. The number of nitrogens with one attached hydrogen (secondary N) is 1. The second kappa shape index (κ2) is 4.91. The van der Waals surface area contributed by atoms with Crippen LogP contribution in [0.4, 0.5) is 0 Å². The van der Waals surface area contributed by atoms with Crippen LogP contribution < -0.4 is 5.32 Å². The second-order valence-corrected chi connectivity index (χ2v) is 5.36. The summed E-state index contributed by atoms with van der Waals surface area (Å²) >= 11 is 0. The molecule has 1 unspecified atom stereocenters. The quantitative estimate of drug-likeness (QED) is 0.849. The van der Waals surface area contributed by atoms with Crippen LogP contribution in [0, 0.1) is 5.41 Å². The van der Waals surface area contributed by atoms with Crippen LogP contribution in [0.3, 0.4) is 0 Å². The van der Waals surface area contributed by atoms with Gasteiger partial charge in [0.05, 0.1) is 5.69 Å². The lowest BCUT2D eigenvalue weighted by molar-refractivity contribution is 0.166. The summed E-state index contributed by atoms with van der Waals surface area (Å²) in [4.78, 5) is 8.37. The van der Waals surface area contributed by atoms with Crippen LogP contribution in [0.25, 0.3) is 0 Å². The molecular weight excluding hydrogens is 198 g/mol. The molecule has 1 fully saturated rings. The van der Waals surface area contributed by atoms with Gasteiger partial charge in [0.25, 0.3) is 0 Å². The summed E-state index contributed by atoms with van der Waals surface area (Å²) in [7, 11) is 0. The fourth-order valence-electron chi connectivity index (χ4n) is 2.52. The van der Waals surface area contributed by atoms with Gasteiger partial charge in [-0.25, -0.2) is 0 Å². The van der Waals surface area contributed by atoms with E-state index >= 15 is 0 Å². The average Bonchev–Trinajstić information content (AvgIpc) is 2.28. The summed E-state index contributed by atoms with van der Waals surface area (Å²) in [6, 6.07) is 0.614. The van der Waals surface area contributed by atoms with Gasteiger partial charge in [-0.2, -0.15) is 0 Å². The largest absolute Gasteiger partial charge is 0.308 e. The van der Waals surface area contributed by atoms with Crippen molar-refractivity contribution >= 4 is 0 Å². The molecule has 0 aromatic carbocycles. The first kappa shape index (κ1) is 11.5. The SMILES string of the molecule is CC1(C)CCCCC1NCc1cnccn1. The minimum absolute atomic E-state index is 0.417. The van der Waals surface area contributed by atoms with E-state index in [0.717, 1.165) is 12.2 Å². The smallest absolute Gasteiger partial charge is 0.0724 e. The van der Waals surface area contributed by atoms with Crippen molar-refractivity contribution in [2.24, 2.45) is 5.41 Å². The molecule has 16 heavy (non-hydrogen) atoms. The molecule has 0 saturated heterocycles. The molecule has 0 amide bonds. The molecule has 0 radical (unpaired) electrons. The highest BCUT2D eigenvalue weighted by Crippen LogP contribution is 2.35. The third kappa shape index (κ3) is 2.79. The number of rotatable bonds is 3.